The van der Waals surface area contributed by atoms with Crippen molar-refractivity contribution in [3.8, 4) is 0 Å². The quantitative estimate of drug-likeness (QED) is 0.720. The Labute approximate surface area is 133 Å². The molecule has 1 amide bonds. The Bertz CT molecular complexity index is 734. The van der Waals surface area contributed by atoms with Crippen molar-refractivity contribution >= 4 is 50.8 Å². The molecule has 21 heavy (non-hydrogen) atoms. The molecule has 0 saturated carbocycles. The van der Waals surface area contributed by atoms with Gasteiger partial charge in [-0.2, -0.15) is 0 Å². The molecular formula is C14H10BrClN2O3. The number of carboxylic acids is 1. The number of anilines is 2. The van der Waals surface area contributed by atoms with Crippen LogP contribution in [-0.4, -0.2) is 17.0 Å². The summed E-state index contributed by atoms with van der Waals surface area (Å²) in [6.45, 7) is 0. The monoisotopic (exact) mass is 368 g/mol. The zero-order valence-corrected chi connectivity index (χ0v) is 12.9. The number of carbonyl (C=O) groups is 2. The van der Waals surface area contributed by atoms with E-state index in [4.69, 9.17) is 22.4 Å². The summed E-state index contributed by atoms with van der Waals surface area (Å²) in [5.74, 6) is -1.62. The van der Waals surface area contributed by atoms with Crippen LogP contribution in [0, 0.1) is 0 Å². The molecular weight excluding hydrogens is 360 g/mol. The maximum Gasteiger partial charge on any atom is 0.337 e. The van der Waals surface area contributed by atoms with Crippen molar-refractivity contribution in [2.45, 2.75) is 0 Å². The van der Waals surface area contributed by atoms with Crippen LogP contribution in [0.1, 0.15) is 20.7 Å². The van der Waals surface area contributed by atoms with Gasteiger partial charge in [-0.25, -0.2) is 4.79 Å². The smallest absolute Gasteiger partial charge is 0.337 e. The molecule has 0 radical (unpaired) electrons. The molecule has 5 nitrogen and oxygen atoms in total. The first-order valence-electron chi connectivity index (χ1n) is 5.77. The molecule has 108 valence electrons. The van der Waals surface area contributed by atoms with Crippen LogP contribution < -0.4 is 11.1 Å². The summed E-state index contributed by atoms with van der Waals surface area (Å²) in [5, 5.41) is 12.1. The van der Waals surface area contributed by atoms with Crippen molar-refractivity contribution in [1.29, 1.82) is 0 Å². The Morgan fingerprint density at radius 2 is 1.81 bits per heavy atom. The molecule has 0 atom stereocenters. The zero-order valence-electron chi connectivity index (χ0n) is 10.6. The van der Waals surface area contributed by atoms with Crippen LogP contribution >= 0.6 is 27.5 Å². The Balaban J connectivity index is 2.35. The Morgan fingerprint density at radius 1 is 1.14 bits per heavy atom. The first-order valence-corrected chi connectivity index (χ1v) is 6.95. The highest BCUT2D eigenvalue weighted by molar-refractivity contribution is 9.10. The number of carbonyl (C=O) groups excluding carboxylic acids is 1. The minimum Gasteiger partial charge on any atom is -0.478 e. The summed E-state index contributed by atoms with van der Waals surface area (Å²) in [5.41, 5.74) is 6.40. The fraction of sp³-hybridized carbons (Fsp3) is 0. The highest BCUT2D eigenvalue weighted by atomic mass is 79.9. The molecule has 0 fully saturated rings. The third-order valence-corrected chi connectivity index (χ3v) is 3.59. The molecule has 0 aliphatic carbocycles. The lowest BCUT2D eigenvalue weighted by atomic mass is 10.1. The van der Waals surface area contributed by atoms with Crippen LogP contribution in [0.15, 0.2) is 40.9 Å². The van der Waals surface area contributed by atoms with Gasteiger partial charge in [-0.15, -0.1) is 0 Å². The molecule has 0 spiro atoms. The second-order valence-corrected chi connectivity index (χ2v) is 5.48. The molecule has 2 aromatic rings. The van der Waals surface area contributed by atoms with E-state index < -0.39 is 11.9 Å². The third kappa shape index (κ3) is 3.53. The molecule has 0 aliphatic heterocycles. The van der Waals surface area contributed by atoms with Gasteiger partial charge in [-0.1, -0.05) is 11.6 Å². The Morgan fingerprint density at radius 3 is 2.43 bits per heavy atom. The normalized spacial score (nSPS) is 10.2. The number of rotatable bonds is 3. The van der Waals surface area contributed by atoms with Gasteiger partial charge in [-0.05, 0) is 52.3 Å². The Kier molecular flexibility index (Phi) is 4.50. The second kappa shape index (κ2) is 6.15. The van der Waals surface area contributed by atoms with Crippen LogP contribution in [0.5, 0.6) is 0 Å². The van der Waals surface area contributed by atoms with Gasteiger partial charge in [0, 0.05) is 15.2 Å². The van der Waals surface area contributed by atoms with Crippen LogP contribution in [0.4, 0.5) is 11.4 Å². The molecule has 0 heterocycles. The number of amides is 1. The van der Waals surface area contributed by atoms with E-state index in [9.17, 15) is 9.59 Å². The van der Waals surface area contributed by atoms with E-state index in [1.165, 1.54) is 24.3 Å². The molecule has 0 unspecified atom stereocenters. The van der Waals surface area contributed by atoms with E-state index in [-0.39, 0.29) is 11.3 Å². The van der Waals surface area contributed by atoms with E-state index in [0.29, 0.717) is 20.7 Å². The van der Waals surface area contributed by atoms with Crippen LogP contribution in [0.3, 0.4) is 0 Å². The van der Waals surface area contributed by atoms with Gasteiger partial charge < -0.3 is 16.2 Å². The summed E-state index contributed by atoms with van der Waals surface area (Å²) in [6.07, 6.45) is 0. The van der Waals surface area contributed by atoms with E-state index >= 15 is 0 Å². The summed E-state index contributed by atoms with van der Waals surface area (Å²) in [6, 6.07) is 8.87. The number of nitrogen functional groups attached to an aromatic ring is 1. The number of nitrogens with two attached hydrogens (primary N) is 1. The maximum atomic E-state index is 12.2. The lowest BCUT2D eigenvalue weighted by Crippen LogP contribution is -2.15. The summed E-state index contributed by atoms with van der Waals surface area (Å²) < 4.78 is 0.508. The molecule has 0 aliphatic rings. The average molecular weight is 370 g/mol. The number of benzene rings is 2. The molecule has 4 N–H and O–H groups in total. The van der Waals surface area contributed by atoms with Gasteiger partial charge in [0.2, 0.25) is 0 Å². The van der Waals surface area contributed by atoms with Crippen LogP contribution in [0.25, 0.3) is 0 Å². The summed E-state index contributed by atoms with van der Waals surface area (Å²) >= 11 is 9.05. The molecule has 0 saturated heterocycles. The fourth-order valence-corrected chi connectivity index (χ4v) is 2.58. The van der Waals surface area contributed by atoms with Crippen molar-refractivity contribution < 1.29 is 14.7 Å². The number of aromatic carboxylic acids is 1. The van der Waals surface area contributed by atoms with Crippen molar-refractivity contribution in [2.75, 3.05) is 11.1 Å². The van der Waals surface area contributed by atoms with Gasteiger partial charge in [0.05, 0.1) is 16.8 Å². The lowest BCUT2D eigenvalue weighted by molar-refractivity contribution is 0.0698. The van der Waals surface area contributed by atoms with Crippen molar-refractivity contribution in [2.24, 2.45) is 0 Å². The molecule has 7 heteroatoms. The number of halogens is 2. The first-order chi connectivity index (χ1) is 9.88. The SMILES string of the molecule is Nc1ccc(C(=O)O)c(NC(=O)c2ccc(Cl)cc2Br)c1. The van der Waals surface area contributed by atoms with Crippen LogP contribution in [0.2, 0.25) is 5.02 Å². The van der Waals surface area contributed by atoms with Crippen molar-refractivity contribution in [3.05, 3.63) is 57.0 Å². The van der Waals surface area contributed by atoms with Gasteiger partial charge in [0.15, 0.2) is 0 Å². The third-order valence-electron chi connectivity index (χ3n) is 2.70. The van der Waals surface area contributed by atoms with Crippen LogP contribution in [-0.2, 0) is 0 Å². The molecule has 0 aromatic heterocycles. The van der Waals surface area contributed by atoms with Crippen molar-refractivity contribution in [1.82, 2.24) is 0 Å². The van der Waals surface area contributed by atoms with E-state index in [2.05, 4.69) is 21.2 Å². The van der Waals surface area contributed by atoms with Crippen molar-refractivity contribution in [3.63, 3.8) is 0 Å². The summed E-state index contributed by atoms with van der Waals surface area (Å²) in [7, 11) is 0. The molecule has 0 bridgehead atoms. The zero-order chi connectivity index (χ0) is 15.6. The van der Waals surface area contributed by atoms with Gasteiger partial charge in [0.1, 0.15) is 0 Å². The van der Waals surface area contributed by atoms with Gasteiger partial charge in [-0.3, -0.25) is 4.79 Å². The average Bonchev–Trinajstić information content (AvgIpc) is 2.37. The number of nitrogens with one attached hydrogen (secondary N) is 1. The highest BCUT2D eigenvalue weighted by Crippen LogP contribution is 2.24. The van der Waals surface area contributed by atoms with E-state index in [0.717, 1.165) is 0 Å². The standard InChI is InChI=1S/C14H10BrClN2O3/c15-11-5-7(16)1-3-9(11)13(19)18-12-6-8(17)2-4-10(12)14(20)21/h1-6H,17H2,(H,18,19)(H,20,21). The Hall–Kier alpha value is -2.05. The predicted molar refractivity (Wildman–Crippen MR) is 84.9 cm³/mol. The minimum atomic E-state index is -1.15. The molecule has 2 rings (SSSR count). The number of carboxylic acid groups (broad SMARTS) is 1. The summed E-state index contributed by atoms with van der Waals surface area (Å²) in [4.78, 5) is 23.4. The molecule has 2 aromatic carbocycles. The number of hydrogen-bond acceptors (Lipinski definition) is 3. The van der Waals surface area contributed by atoms with Gasteiger partial charge in [0.25, 0.3) is 5.91 Å². The largest absolute Gasteiger partial charge is 0.478 e. The highest BCUT2D eigenvalue weighted by Gasteiger charge is 2.15. The minimum absolute atomic E-state index is 0.0392. The maximum absolute atomic E-state index is 12.2. The number of hydrogen-bond donors (Lipinski definition) is 3. The lowest BCUT2D eigenvalue weighted by Gasteiger charge is -2.10. The van der Waals surface area contributed by atoms with E-state index in [1.54, 1.807) is 12.1 Å². The fourth-order valence-electron chi connectivity index (χ4n) is 1.72. The predicted octanol–water partition coefficient (Wildman–Crippen LogP) is 3.64. The van der Waals surface area contributed by atoms with Gasteiger partial charge >= 0.3 is 5.97 Å². The topological polar surface area (TPSA) is 92.4 Å². The first kappa shape index (κ1) is 15.3. The van der Waals surface area contributed by atoms with E-state index in [1.807, 2.05) is 0 Å². The second-order valence-electron chi connectivity index (χ2n) is 4.19.